The van der Waals surface area contributed by atoms with Crippen LogP contribution in [0.15, 0.2) is 35.4 Å². The molecule has 35 heavy (non-hydrogen) atoms. The molecule has 1 aliphatic rings. The Bertz CT molecular complexity index is 793. The van der Waals surface area contributed by atoms with E-state index in [4.69, 9.17) is 5.41 Å². The van der Waals surface area contributed by atoms with Gasteiger partial charge in [-0.15, -0.1) is 0 Å². The van der Waals surface area contributed by atoms with Crippen LogP contribution in [0.2, 0.25) is 0 Å². The van der Waals surface area contributed by atoms with Crippen molar-refractivity contribution in [1.29, 1.82) is 5.41 Å². The average Bonchev–Trinajstić information content (AvgIpc) is 3.48. The molecule has 1 atom stereocenters. The SMILES string of the molecule is CC.CC(C)C.CCF.CF.CNC(C)SC(=N)c1ccc2ccc(SNC3(CCF)CC3)cn12. The molecule has 1 unspecified atom stereocenters. The molecule has 0 saturated heterocycles. The minimum atomic E-state index is -0.271. The molecular weight excluding hydrogens is 489 g/mol. The fourth-order valence-electron chi connectivity index (χ4n) is 2.53. The van der Waals surface area contributed by atoms with Crippen molar-refractivity contribution in [2.75, 3.05) is 27.6 Å². The van der Waals surface area contributed by atoms with Crippen LogP contribution in [-0.4, -0.2) is 47.9 Å². The predicted molar refractivity (Wildman–Crippen MR) is 152 cm³/mol. The molecule has 0 spiro atoms. The van der Waals surface area contributed by atoms with E-state index in [1.54, 1.807) is 11.9 Å². The lowest BCUT2D eigenvalue weighted by molar-refractivity contribution is 0.418. The van der Waals surface area contributed by atoms with Crippen LogP contribution in [0.5, 0.6) is 0 Å². The molecule has 1 aliphatic carbocycles. The van der Waals surface area contributed by atoms with Gasteiger partial charge in [0.2, 0.25) is 0 Å². The lowest BCUT2D eigenvalue weighted by Crippen LogP contribution is -2.25. The highest BCUT2D eigenvalue weighted by molar-refractivity contribution is 8.14. The number of rotatable bonds is 8. The highest BCUT2D eigenvalue weighted by Crippen LogP contribution is 2.41. The number of halogens is 3. The Hall–Kier alpha value is -1.16. The summed E-state index contributed by atoms with van der Waals surface area (Å²) in [6, 6.07) is 8.14. The summed E-state index contributed by atoms with van der Waals surface area (Å²) in [7, 11) is 2.40. The third-order valence-electron chi connectivity index (χ3n) is 4.37. The molecule has 2 aromatic heterocycles. The number of nitrogens with zero attached hydrogens (tertiary/aromatic N) is 1. The molecule has 2 heterocycles. The van der Waals surface area contributed by atoms with Crippen LogP contribution in [0.25, 0.3) is 5.52 Å². The topological polar surface area (TPSA) is 52.3 Å². The Morgan fingerprint density at radius 2 is 1.60 bits per heavy atom. The summed E-state index contributed by atoms with van der Waals surface area (Å²) in [6.45, 7) is 13.5. The Balaban J connectivity index is 0. The third-order valence-corrected chi connectivity index (χ3v) is 6.42. The van der Waals surface area contributed by atoms with E-state index >= 15 is 0 Å². The number of aromatic nitrogens is 1. The van der Waals surface area contributed by atoms with Crippen LogP contribution in [0, 0.1) is 11.3 Å². The smallest absolute Gasteiger partial charge is 0.113 e. The standard InChI is InChI=1S/C17H23FN4S2.C4H10.C2H5F.C2H6.CH3F/c1-12(20-2)23-16(19)15-6-4-13-3-5-14(11-22(13)15)24-21-17(7-8-17)9-10-18;1-4(2)3;1-2-3;2*1-2/h3-6,11-12,19-21H,7-10H2,1-2H3;4H,1-3H3;2H2,1H3;1-2H3;1H3. The molecule has 3 rings (SSSR count). The largest absolute Gasteiger partial charge is 0.313 e. The Kier molecular flexibility index (Phi) is 21.6. The van der Waals surface area contributed by atoms with Gasteiger partial charge in [-0.1, -0.05) is 46.4 Å². The number of alkyl halides is 3. The van der Waals surface area contributed by atoms with Gasteiger partial charge in [-0.25, -0.2) is 0 Å². The van der Waals surface area contributed by atoms with Crippen molar-refractivity contribution in [3.63, 3.8) is 0 Å². The van der Waals surface area contributed by atoms with Crippen molar-refractivity contribution in [2.45, 2.75) is 83.5 Å². The zero-order valence-corrected chi connectivity index (χ0v) is 24.6. The zero-order chi connectivity index (χ0) is 27.4. The van der Waals surface area contributed by atoms with Crippen molar-refractivity contribution in [2.24, 2.45) is 5.92 Å². The van der Waals surface area contributed by atoms with Crippen LogP contribution in [0.1, 0.15) is 73.4 Å². The van der Waals surface area contributed by atoms with Crippen LogP contribution < -0.4 is 10.0 Å². The van der Waals surface area contributed by atoms with E-state index in [0.29, 0.717) is 18.6 Å². The molecule has 9 heteroatoms. The summed E-state index contributed by atoms with van der Waals surface area (Å²) in [5.74, 6) is 0.833. The van der Waals surface area contributed by atoms with E-state index in [1.807, 2.05) is 46.1 Å². The zero-order valence-electron chi connectivity index (χ0n) is 23.0. The van der Waals surface area contributed by atoms with E-state index in [9.17, 15) is 13.2 Å². The van der Waals surface area contributed by atoms with Gasteiger partial charge in [0.1, 0.15) is 5.04 Å². The van der Waals surface area contributed by atoms with Gasteiger partial charge in [-0.2, -0.15) is 0 Å². The second-order valence-electron chi connectivity index (χ2n) is 8.18. The second-order valence-corrected chi connectivity index (χ2v) is 10.4. The molecule has 0 aromatic carbocycles. The van der Waals surface area contributed by atoms with E-state index < -0.39 is 0 Å². The van der Waals surface area contributed by atoms with Gasteiger partial charge < -0.3 is 9.72 Å². The number of hydrogen-bond acceptors (Lipinski definition) is 5. The summed E-state index contributed by atoms with van der Waals surface area (Å²) in [5.41, 5.74) is 1.95. The highest BCUT2D eigenvalue weighted by atomic mass is 32.2. The van der Waals surface area contributed by atoms with Crippen molar-refractivity contribution < 1.29 is 13.2 Å². The second kappa shape index (κ2) is 21.0. The van der Waals surface area contributed by atoms with Crippen molar-refractivity contribution in [1.82, 2.24) is 14.4 Å². The van der Waals surface area contributed by atoms with Gasteiger partial charge in [0.25, 0.3) is 0 Å². The maximum absolute atomic E-state index is 12.6. The van der Waals surface area contributed by atoms with Crippen molar-refractivity contribution in [3.05, 3.63) is 36.2 Å². The molecule has 3 N–H and O–H groups in total. The Labute approximate surface area is 220 Å². The maximum Gasteiger partial charge on any atom is 0.113 e. The van der Waals surface area contributed by atoms with E-state index in [0.717, 1.165) is 34.9 Å². The first kappa shape index (κ1) is 36.0. The minimum absolute atomic E-state index is 0.0152. The van der Waals surface area contributed by atoms with Crippen molar-refractivity contribution >= 4 is 34.3 Å². The third kappa shape index (κ3) is 14.9. The van der Waals surface area contributed by atoms with Gasteiger partial charge in [0.05, 0.1) is 31.6 Å². The molecule has 0 amide bonds. The first-order chi connectivity index (χ1) is 16.7. The van der Waals surface area contributed by atoms with Crippen molar-refractivity contribution in [3.8, 4) is 0 Å². The molecule has 0 aliphatic heterocycles. The van der Waals surface area contributed by atoms with Gasteiger partial charge in [-0.05, 0) is 82.3 Å². The molecule has 204 valence electrons. The summed E-state index contributed by atoms with van der Waals surface area (Å²) >= 11 is 3.06. The number of thioether (sulfide) groups is 1. The lowest BCUT2D eigenvalue weighted by atomic mass is 10.2. The number of hydrogen-bond donors (Lipinski definition) is 3. The Morgan fingerprint density at radius 3 is 2.06 bits per heavy atom. The summed E-state index contributed by atoms with van der Waals surface area (Å²) in [5, 5.41) is 12.2. The summed E-state index contributed by atoms with van der Waals surface area (Å²) < 4.78 is 37.9. The quantitative estimate of drug-likeness (QED) is 0.137. The van der Waals surface area contributed by atoms with Gasteiger partial charge in [0, 0.05) is 22.1 Å². The van der Waals surface area contributed by atoms with Crippen LogP contribution in [0.3, 0.4) is 0 Å². The lowest BCUT2D eigenvalue weighted by Gasteiger charge is -2.15. The average molecular weight is 537 g/mol. The Morgan fingerprint density at radius 1 is 1.09 bits per heavy atom. The molecule has 0 bridgehead atoms. The number of pyridine rings is 1. The molecular formula is C26H47F3N4S2. The first-order valence-electron chi connectivity index (χ1n) is 12.2. The fourth-order valence-corrected chi connectivity index (χ4v) is 4.22. The van der Waals surface area contributed by atoms with E-state index in [2.05, 4.69) is 47.3 Å². The minimum Gasteiger partial charge on any atom is -0.313 e. The van der Waals surface area contributed by atoms with Crippen LogP contribution in [-0.2, 0) is 0 Å². The highest BCUT2D eigenvalue weighted by Gasteiger charge is 2.42. The normalized spacial score (nSPS) is 13.6. The van der Waals surface area contributed by atoms with Gasteiger partial charge in [-0.3, -0.25) is 23.3 Å². The van der Waals surface area contributed by atoms with Gasteiger partial charge in [0.15, 0.2) is 0 Å². The molecule has 0 radical (unpaired) electrons. The van der Waals surface area contributed by atoms with Crippen LogP contribution >= 0.6 is 23.7 Å². The molecule has 1 fully saturated rings. The maximum atomic E-state index is 12.6. The predicted octanol–water partition coefficient (Wildman–Crippen LogP) is 8.30. The van der Waals surface area contributed by atoms with E-state index in [-0.39, 0.29) is 24.3 Å². The fraction of sp³-hybridized carbons (Fsp3) is 0.654. The molecule has 4 nitrogen and oxygen atoms in total. The molecule has 1 saturated carbocycles. The summed E-state index contributed by atoms with van der Waals surface area (Å²) in [4.78, 5) is 1.07. The summed E-state index contributed by atoms with van der Waals surface area (Å²) in [6.07, 6.45) is 4.72. The van der Waals surface area contributed by atoms with Gasteiger partial charge >= 0.3 is 0 Å². The first-order valence-corrected chi connectivity index (χ1v) is 13.9. The van der Waals surface area contributed by atoms with E-state index in [1.165, 1.54) is 18.7 Å². The number of nitrogens with one attached hydrogen (secondary N) is 3. The monoisotopic (exact) mass is 536 g/mol. The van der Waals surface area contributed by atoms with Crippen LogP contribution in [0.4, 0.5) is 13.2 Å². The number of fused-ring (bicyclic) bond motifs is 1. The molecule has 2 aromatic rings.